The fraction of sp³-hybridized carbons (Fsp3) is 0.364. The number of hydrogen-bond donors (Lipinski definition) is 1. The van der Waals surface area contributed by atoms with Gasteiger partial charge in [-0.15, -0.1) is 0 Å². The van der Waals surface area contributed by atoms with Gasteiger partial charge in [0.1, 0.15) is 0 Å². The summed E-state index contributed by atoms with van der Waals surface area (Å²) < 4.78 is 11.7. The standard InChI is InChI=1S/C11H14ClO3P/c1-16(2,15)7-10(11(13)14)8-3-5-9(12)6-4-8/h3-6,10H,7H2,1-2H3,(H,13,14). The van der Waals surface area contributed by atoms with Crippen LogP contribution in [0.15, 0.2) is 24.3 Å². The first-order valence-corrected chi connectivity index (χ1v) is 7.98. The van der Waals surface area contributed by atoms with Crippen molar-refractivity contribution >= 4 is 24.7 Å². The molecule has 0 bridgehead atoms. The molecule has 0 amide bonds. The Kier molecular flexibility index (Phi) is 4.17. The van der Waals surface area contributed by atoms with Crippen LogP contribution < -0.4 is 0 Å². The van der Waals surface area contributed by atoms with Crippen molar-refractivity contribution in [3.63, 3.8) is 0 Å². The van der Waals surface area contributed by atoms with Crippen molar-refractivity contribution in [1.29, 1.82) is 0 Å². The van der Waals surface area contributed by atoms with Gasteiger partial charge in [0, 0.05) is 11.2 Å². The van der Waals surface area contributed by atoms with Gasteiger partial charge in [-0.3, -0.25) is 4.79 Å². The minimum Gasteiger partial charge on any atom is -0.481 e. The van der Waals surface area contributed by atoms with Gasteiger partial charge in [-0.25, -0.2) is 0 Å². The smallest absolute Gasteiger partial charge is 0.311 e. The maximum absolute atomic E-state index is 11.7. The molecular formula is C11H14ClO3P. The minimum atomic E-state index is -2.37. The number of carboxylic acid groups (broad SMARTS) is 1. The molecule has 0 saturated heterocycles. The Bertz CT molecular complexity index is 421. The fourth-order valence-corrected chi connectivity index (χ4v) is 2.83. The van der Waals surface area contributed by atoms with Gasteiger partial charge in [0.05, 0.1) is 13.1 Å². The van der Waals surface area contributed by atoms with Gasteiger partial charge in [-0.1, -0.05) is 23.7 Å². The third kappa shape index (κ3) is 3.99. The van der Waals surface area contributed by atoms with Crippen molar-refractivity contribution in [3.05, 3.63) is 34.9 Å². The lowest BCUT2D eigenvalue weighted by Gasteiger charge is -2.15. The van der Waals surface area contributed by atoms with Crippen LogP contribution in [0.5, 0.6) is 0 Å². The molecule has 1 aromatic carbocycles. The lowest BCUT2D eigenvalue weighted by Crippen LogP contribution is -2.15. The van der Waals surface area contributed by atoms with Crippen LogP contribution in [0.3, 0.4) is 0 Å². The Labute approximate surface area is 99.8 Å². The second-order valence-corrected chi connectivity index (χ2v) is 8.15. The van der Waals surface area contributed by atoms with E-state index in [9.17, 15) is 9.36 Å². The summed E-state index contributed by atoms with van der Waals surface area (Å²) in [7, 11) is -2.37. The van der Waals surface area contributed by atoms with Crippen molar-refractivity contribution in [2.24, 2.45) is 0 Å². The van der Waals surface area contributed by atoms with Crippen molar-refractivity contribution in [2.45, 2.75) is 5.92 Å². The molecular weight excluding hydrogens is 247 g/mol. The van der Waals surface area contributed by atoms with Crippen LogP contribution >= 0.6 is 18.7 Å². The van der Waals surface area contributed by atoms with E-state index < -0.39 is 19.0 Å². The number of benzene rings is 1. The highest BCUT2D eigenvalue weighted by molar-refractivity contribution is 7.62. The van der Waals surface area contributed by atoms with E-state index in [1.807, 2.05) is 0 Å². The summed E-state index contributed by atoms with van der Waals surface area (Å²) in [5.41, 5.74) is 0.640. The predicted molar refractivity (Wildman–Crippen MR) is 66.2 cm³/mol. The molecule has 1 N–H and O–H groups in total. The Hall–Kier alpha value is -0.790. The summed E-state index contributed by atoms with van der Waals surface area (Å²) in [6.45, 7) is 3.19. The summed E-state index contributed by atoms with van der Waals surface area (Å²) in [6.07, 6.45) is 0.171. The summed E-state index contributed by atoms with van der Waals surface area (Å²) in [6, 6.07) is 6.61. The topological polar surface area (TPSA) is 54.4 Å². The normalized spacial score (nSPS) is 13.4. The van der Waals surface area contributed by atoms with Crippen LogP contribution in [0.1, 0.15) is 11.5 Å². The van der Waals surface area contributed by atoms with E-state index in [2.05, 4.69) is 0 Å². The molecule has 0 aliphatic rings. The summed E-state index contributed by atoms with van der Waals surface area (Å²) in [5, 5.41) is 9.66. The predicted octanol–water partition coefficient (Wildman–Crippen LogP) is 3.13. The highest BCUT2D eigenvalue weighted by atomic mass is 35.5. The molecule has 0 aromatic heterocycles. The van der Waals surface area contributed by atoms with E-state index in [4.69, 9.17) is 16.7 Å². The van der Waals surface area contributed by atoms with Crippen molar-refractivity contribution in [2.75, 3.05) is 19.5 Å². The van der Waals surface area contributed by atoms with E-state index >= 15 is 0 Å². The molecule has 0 heterocycles. The maximum atomic E-state index is 11.7. The van der Waals surface area contributed by atoms with Gasteiger partial charge >= 0.3 is 5.97 Å². The average molecular weight is 261 g/mol. The zero-order chi connectivity index (χ0) is 12.3. The quantitative estimate of drug-likeness (QED) is 0.846. The Morgan fingerprint density at radius 1 is 1.38 bits per heavy atom. The Balaban J connectivity index is 2.99. The first-order chi connectivity index (χ1) is 7.29. The van der Waals surface area contributed by atoms with Crippen molar-refractivity contribution < 1.29 is 14.5 Å². The summed E-state index contributed by atoms with van der Waals surface area (Å²) in [4.78, 5) is 11.1. The van der Waals surface area contributed by atoms with Crippen LogP contribution in [-0.4, -0.2) is 30.6 Å². The first-order valence-electron chi connectivity index (χ1n) is 4.82. The summed E-state index contributed by atoms with van der Waals surface area (Å²) in [5.74, 6) is -1.68. The molecule has 0 aliphatic heterocycles. The van der Waals surface area contributed by atoms with Crippen LogP contribution in [0.4, 0.5) is 0 Å². The first kappa shape index (κ1) is 13.3. The number of carboxylic acids is 1. The lowest BCUT2D eigenvalue weighted by atomic mass is 10.0. The van der Waals surface area contributed by atoms with Crippen LogP contribution in [0.25, 0.3) is 0 Å². The van der Waals surface area contributed by atoms with E-state index in [-0.39, 0.29) is 6.16 Å². The molecule has 0 radical (unpaired) electrons. The molecule has 1 atom stereocenters. The molecule has 0 aliphatic carbocycles. The Morgan fingerprint density at radius 2 is 1.88 bits per heavy atom. The molecule has 0 saturated carbocycles. The molecule has 1 rings (SSSR count). The molecule has 88 valence electrons. The molecule has 1 aromatic rings. The molecule has 0 fully saturated rings. The third-order valence-corrected chi connectivity index (χ3v) is 3.69. The van der Waals surface area contributed by atoms with E-state index in [0.717, 1.165) is 0 Å². The van der Waals surface area contributed by atoms with Gasteiger partial charge in [0.2, 0.25) is 0 Å². The molecule has 16 heavy (non-hydrogen) atoms. The highest BCUT2D eigenvalue weighted by Gasteiger charge is 2.25. The van der Waals surface area contributed by atoms with Crippen LogP contribution in [-0.2, 0) is 9.36 Å². The van der Waals surface area contributed by atoms with Gasteiger partial charge in [-0.05, 0) is 31.0 Å². The number of hydrogen-bond acceptors (Lipinski definition) is 2. The Morgan fingerprint density at radius 3 is 2.25 bits per heavy atom. The van der Waals surface area contributed by atoms with E-state index in [1.165, 1.54) is 0 Å². The number of aliphatic carboxylic acids is 1. The fourth-order valence-electron chi connectivity index (χ4n) is 1.46. The largest absolute Gasteiger partial charge is 0.481 e. The molecule has 1 unspecified atom stereocenters. The second-order valence-electron chi connectivity index (χ2n) is 4.20. The SMILES string of the molecule is CP(C)(=O)CC(C(=O)O)c1ccc(Cl)cc1. The lowest BCUT2D eigenvalue weighted by molar-refractivity contribution is -0.138. The van der Waals surface area contributed by atoms with Gasteiger partial charge in [0.25, 0.3) is 0 Å². The third-order valence-electron chi connectivity index (χ3n) is 2.19. The van der Waals surface area contributed by atoms with Crippen molar-refractivity contribution in [3.8, 4) is 0 Å². The monoisotopic (exact) mass is 260 g/mol. The van der Waals surface area contributed by atoms with Gasteiger partial charge < -0.3 is 9.67 Å². The van der Waals surface area contributed by atoms with Crippen LogP contribution in [0, 0.1) is 0 Å². The maximum Gasteiger partial charge on any atom is 0.311 e. The molecule has 5 heteroatoms. The zero-order valence-corrected chi connectivity index (χ0v) is 10.8. The second kappa shape index (κ2) is 5.03. The molecule has 0 spiro atoms. The van der Waals surface area contributed by atoms with E-state index in [1.54, 1.807) is 37.6 Å². The zero-order valence-electron chi connectivity index (χ0n) is 9.18. The number of halogens is 1. The number of carbonyl (C=O) groups is 1. The average Bonchev–Trinajstić information content (AvgIpc) is 2.14. The van der Waals surface area contributed by atoms with Gasteiger partial charge in [-0.2, -0.15) is 0 Å². The van der Waals surface area contributed by atoms with Crippen molar-refractivity contribution in [1.82, 2.24) is 0 Å². The van der Waals surface area contributed by atoms with Gasteiger partial charge in [0.15, 0.2) is 0 Å². The minimum absolute atomic E-state index is 0.171. The van der Waals surface area contributed by atoms with Crippen LogP contribution in [0.2, 0.25) is 5.02 Å². The highest BCUT2D eigenvalue weighted by Crippen LogP contribution is 2.41. The van der Waals surface area contributed by atoms with E-state index in [0.29, 0.717) is 10.6 Å². The molecule has 3 nitrogen and oxygen atoms in total. The summed E-state index contributed by atoms with van der Waals surface area (Å²) >= 11 is 5.73. The number of rotatable bonds is 4.